The second-order valence-corrected chi connectivity index (χ2v) is 8.09. The Kier molecular flexibility index (Phi) is 4.54. The molecule has 2 aromatic heterocycles. The highest BCUT2D eigenvalue weighted by molar-refractivity contribution is 7.89. The highest BCUT2D eigenvalue weighted by Gasteiger charge is 2.37. The summed E-state index contributed by atoms with van der Waals surface area (Å²) in [7, 11) is -2.07. The molecule has 24 heavy (non-hydrogen) atoms. The molecule has 1 fully saturated rings. The molecule has 3 rings (SSSR count). The van der Waals surface area contributed by atoms with E-state index in [0.717, 1.165) is 5.69 Å². The number of nitrogens with zero attached hydrogens (tertiary/aromatic N) is 4. The summed E-state index contributed by atoms with van der Waals surface area (Å²) in [4.78, 5) is 4.25. The van der Waals surface area contributed by atoms with Gasteiger partial charge in [0.15, 0.2) is 0 Å². The lowest BCUT2D eigenvalue weighted by atomic mass is 10.3. The molecule has 0 amide bonds. The molecule has 2 aromatic rings. The van der Waals surface area contributed by atoms with E-state index >= 15 is 0 Å². The van der Waals surface area contributed by atoms with Crippen LogP contribution in [0.15, 0.2) is 23.2 Å². The van der Waals surface area contributed by atoms with E-state index in [4.69, 9.17) is 16.3 Å². The number of sulfonamides is 1. The summed E-state index contributed by atoms with van der Waals surface area (Å²) in [5, 5.41) is 4.21. The van der Waals surface area contributed by atoms with Gasteiger partial charge in [0.25, 0.3) is 0 Å². The summed E-state index contributed by atoms with van der Waals surface area (Å²) in [6, 6.07) is 3.69. The van der Waals surface area contributed by atoms with Crippen molar-refractivity contribution in [3.8, 4) is 5.75 Å². The van der Waals surface area contributed by atoms with Crippen LogP contribution in [-0.2, 0) is 17.1 Å². The van der Waals surface area contributed by atoms with E-state index in [1.165, 1.54) is 8.99 Å². The molecule has 0 spiro atoms. The molecule has 130 valence electrons. The first kappa shape index (κ1) is 17.2. The van der Waals surface area contributed by atoms with Crippen LogP contribution in [0.2, 0.25) is 5.15 Å². The second kappa shape index (κ2) is 6.34. The topological polar surface area (TPSA) is 77.3 Å². The second-order valence-electron chi connectivity index (χ2n) is 5.86. The quantitative estimate of drug-likeness (QED) is 0.821. The van der Waals surface area contributed by atoms with E-state index < -0.39 is 10.0 Å². The number of halogens is 1. The first-order valence-corrected chi connectivity index (χ1v) is 9.39. The molecule has 0 N–H and O–H groups in total. The van der Waals surface area contributed by atoms with Gasteiger partial charge in [-0.1, -0.05) is 11.6 Å². The summed E-state index contributed by atoms with van der Waals surface area (Å²) >= 11 is 6.11. The normalized spacial score (nSPS) is 18.9. The van der Waals surface area contributed by atoms with E-state index in [9.17, 15) is 8.42 Å². The average Bonchev–Trinajstić information content (AvgIpc) is 3.07. The average molecular weight is 371 g/mol. The Morgan fingerprint density at radius 1 is 1.33 bits per heavy atom. The lowest BCUT2D eigenvalue weighted by Gasteiger charge is -2.17. The number of aromatic nitrogens is 3. The molecule has 1 aliphatic heterocycles. The third-order valence-electron chi connectivity index (χ3n) is 3.99. The van der Waals surface area contributed by atoms with Crippen molar-refractivity contribution in [1.29, 1.82) is 0 Å². The highest BCUT2D eigenvalue weighted by atomic mass is 35.5. The van der Waals surface area contributed by atoms with Gasteiger partial charge in [0.05, 0.1) is 18.4 Å². The van der Waals surface area contributed by atoms with Crippen LogP contribution < -0.4 is 4.74 Å². The van der Waals surface area contributed by atoms with E-state index in [1.807, 2.05) is 19.1 Å². The number of aryl methyl sites for hydroxylation is 3. The predicted molar refractivity (Wildman–Crippen MR) is 89.7 cm³/mol. The fraction of sp³-hybridized carbons (Fsp3) is 0.467. The van der Waals surface area contributed by atoms with Crippen LogP contribution >= 0.6 is 11.6 Å². The zero-order valence-corrected chi connectivity index (χ0v) is 15.3. The molecule has 0 saturated carbocycles. The first-order chi connectivity index (χ1) is 11.3. The fourth-order valence-electron chi connectivity index (χ4n) is 2.76. The Bertz CT molecular complexity index is 848. The summed E-state index contributed by atoms with van der Waals surface area (Å²) in [5.74, 6) is 0.639. The lowest BCUT2D eigenvalue weighted by Crippen LogP contribution is -2.31. The third-order valence-corrected chi connectivity index (χ3v) is 6.55. The number of ether oxygens (including phenoxy) is 1. The molecule has 0 aromatic carbocycles. The standard InChI is InChI=1S/C15H19ClN4O3S/c1-10-4-5-12(8-17-10)23-13-6-7-20(9-13)24(21,22)14-11(2)18-19(3)15(14)16/h4-5,8,13H,6-7,9H2,1-3H3/t13-/m1/s1. The van der Waals surface area contributed by atoms with Gasteiger partial charge in [-0.3, -0.25) is 9.67 Å². The number of hydrogen-bond donors (Lipinski definition) is 0. The minimum absolute atomic E-state index is 0.0734. The van der Waals surface area contributed by atoms with Gasteiger partial charge < -0.3 is 4.74 Å². The lowest BCUT2D eigenvalue weighted by molar-refractivity contribution is 0.214. The monoisotopic (exact) mass is 370 g/mol. The van der Waals surface area contributed by atoms with Gasteiger partial charge in [0, 0.05) is 19.3 Å². The van der Waals surface area contributed by atoms with Gasteiger partial charge in [-0.25, -0.2) is 8.42 Å². The smallest absolute Gasteiger partial charge is 0.248 e. The van der Waals surface area contributed by atoms with Crippen molar-refractivity contribution in [1.82, 2.24) is 19.1 Å². The SMILES string of the molecule is Cc1ccc(O[C@@H]2CCN(S(=O)(=O)c3c(C)nn(C)c3Cl)C2)cn1. The fourth-order valence-corrected chi connectivity index (χ4v) is 4.95. The van der Waals surface area contributed by atoms with Gasteiger partial charge in [-0.2, -0.15) is 9.40 Å². The van der Waals surface area contributed by atoms with Crippen LogP contribution in [0, 0.1) is 13.8 Å². The van der Waals surface area contributed by atoms with Crippen molar-refractivity contribution >= 4 is 21.6 Å². The maximum atomic E-state index is 12.9. The molecule has 1 atom stereocenters. The molecule has 3 heterocycles. The molecular weight excluding hydrogens is 352 g/mol. The minimum Gasteiger partial charge on any atom is -0.487 e. The van der Waals surface area contributed by atoms with Crippen LogP contribution in [0.4, 0.5) is 0 Å². The molecule has 0 radical (unpaired) electrons. The zero-order valence-electron chi connectivity index (χ0n) is 13.7. The summed E-state index contributed by atoms with van der Waals surface area (Å²) in [5.41, 5.74) is 1.30. The van der Waals surface area contributed by atoms with Gasteiger partial charge in [-0.05, 0) is 32.4 Å². The maximum absolute atomic E-state index is 12.9. The largest absolute Gasteiger partial charge is 0.487 e. The molecule has 1 aliphatic rings. The Balaban J connectivity index is 1.76. The van der Waals surface area contributed by atoms with Crippen molar-refractivity contribution in [2.24, 2.45) is 7.05 Å². The van der Waals surface area contributed by atoms with Crippen LogP contribution in [0.1, 0.15) is 17.8 Å². The molecule has 0 bridgehead atoms. The van der Waals surface area contributed by atoms with Gasteiger partial charge >= 0.3 is 0 Å². The maximum Gasteiger partial charge on any atom is 0.248 e. The summed E-state index contributed by atoms with van der Waals surface area (Å²) < 4.78 is 34.3. The minimum atomic E-state index is -3.69. The molecule has 1 saturated heterocycles. The number of rotatable bonds is 4. The van der Waals surface area contributed by atoms with Crippen LogP contribution in [-0.4, -0.2) is 46.7 Å². The predicted octanol–water partition coefficient (Wildman–Crippen LogP) is 1.93. The van der Waals surface area contributed by atoms with Crippen LogP contribution in [0.5, 0.6) is 5.75 Å². The van der Waals surface area contributed by atoms with E-state index in [2.05, 4.69) is 10.1 Å². The zero-order chi connectivity index (χ0) is 17.5. The Morgan fingerprint density at radius 2 is 2.08 bits per heavy atom. The van der Waals surface area contributed by atoms with Crippen molar-refractivity contribution in [3.63, 3.8) is 0 Å². The number of pyridine rings is 1. The molecular formula is C15H19ClN4O3S. The third kappa shape index (κ3) is 3.13. The first-order valence-electron chi connectivity index (χ1n) is 7.57. The van der Waals surface area contributed by atoms with Crippen LogP contribution in [0.3, 0.4) is 0 Å². The summed E-state index contributed by atoms with van der Waals surface area (Å²) in [6.07, 6.45) is 2.05. The van der Waals surface area contributed by atoms with E-state index in [1.54, 1.807) is 20.2 Å². The Hall–Kier alpha value is -1.64. The van der Waals surface area contributed by atoms with Gasteiger partial charge in [0.1, 0.15) is 21.9 Å². The highest BCUT2D eigenvalue weighted by Crippen LogP contribution is 2.30. The molecule has 0 unspecified atom stereocenters. The van der Waals surface area contributed by atoms with Crippen molar-refractivity contribution in [2.75, 3.05) is 13.1 Å². The van der Waals surface area contributed by atoms with E-state index in [0.29, 0.717) is 24.4 Å². The van der Waals surface area contributed by atoms with Gasteiger partial charge in [0.2, 0.25) is 10.0 Å². The summed E-state index contributed by atoms with van der Waals surface area (Å²) in [6.45, 7) is 4.20. The van der Waals surface area contributed by atoms with Crippen LogP contribution in [0.25, 0.3) is 0 Å². The van der Waals surface area contributed by atoms with Crippen molar-refractivity contribution in [2.45, 2.75) is 31.3 Å². The van der Waals surface area contributed by atoms with Gasteiger partial charge in [-0.15, -0.1) is 0 Å². The Labute approximate surface area is 146 Å². The molecule has 9 heteroatoms. The van der Waals surface area contributed by atoms with Crippen molar-refractivity contribution in [3.05, 3.63) is 34.9 Å². The molecule has 0 aliphatic carbocycles. The number of hydrogen-bond acceptors (Lipinski definition) is 5. The molecule has 7 nitrogen and oxygen atoms in total. The van der Waals surface area contributed by atoms with Crippen molar-refractivity contribution < 1.29 is 13.2 Å². The van der Waals surface area contributed by atoms with E-state index in [-0.39, 0.29) is 22.7 Å². The Morgan fingerprint density at radius 3 is 2.67 bits per heavy atom.